The quantitative estimate of drug-likeness (QED) is 0.409. The van der Waals surface area contributed by atoms with E-state index in [0.29, 0.717) is 5.54 Å². The Labute approximate surface area is 112 Å². The zero-order valence-corrected chi connectivity index (χ0v) is 13.6. The monoisotopic (exact) mass is 260 g/mol. The number of allylic oxidation sites excluding steroid dienone is 6. The van der Waals surface area contributed by atoms with Crippen molar-refractivity contribution in [3.8, 4) is 11.5 Å². The zero-order chi connectivity index (χ0) is 14.1. The van der Waals surface area contributed by atoms with Crippen molar-refractivity contribution in [2.24, 2.45) is 0 Å². The smallest absolute Gasteiger partial charge is 0.143 e. The summed E-state index contributed by atoms with van der Waals surface area (Å²) in [5, 5.41) is 9.16. The SMILES string of the molecule is CC1=C(C)C([Si](C)(C)C#C/C=C(/C)O)C(C)=C1C. The van der Waals surface area contributed by atoms with Gasteiger partial charge < -0.3 is 5.11 Å². The first-order valence-corrected chi connectivity index (χ1v) is 9.49. The highest BCUT2D eigenvalue weighted by atomic mass is 28.3. The van der Waals surface area contributed by atoms with Gasteiger partial charge in [0.05, 0.1) is 5.76 Å². The predicted molar refractivity (Wildman–Crippen MR) is 82.1 cm³/mol. The van der Waals surface area contributed by atoms with Crippen LogP contribution in [0.4, 0.5) is 0 Å². The highest BCUT2D eigenvalue weighted by Crippen LogP contribution is 2.46. The first kappa shape index (κ1) is 14.9. The van der Waals surface area contributed by atoms with E-state index < -0.39 is 8.07 Å². The van der Waals surface area contributed by atoms with Crippen LogP contribution < -0.4 is 0 Å². The van der Waals surface area contributed by atoms with Gasteiger partial charge in [-0.05, 0) is 45.8 Å². The molecule has 0 amide bonds. The molecule has 0 radical (unpaired) electrons. The van der Waals surface area contributed by atoms with E-state index in [-0.39, 0.29) is 5.76 Å². The Balaban J connectivity index is 3.14. The maximum atomic E-state index is 9.16. The highest BCUT2D eigenvalue weighted by Gasteiger charge is 2.37. The van der Waals surface area contributed by atoms with Crippen LogP contribution in [-0.2, 0) is 0 Å². The Morgan fingerprint density at radius 1 is 1.11 bits per heavy atom. The van der Waals surface area contributed by atoms with Crippen molar-refractivity contribution < 1.29 is 5.11 Å². The van der Waals surface area contributed by atoms with Crippen molar-refractivity contribution in [1.29, 1.82) is 0 Å². The standard InChI is InChI=1S/C16H24OSi/c1-11(17)9-8-10-18(6,7)16-14(4)12(2)13(3)15(16)5/h9,16-17H,1-7H3/b11-9-. The van der Waals surface area contributed by atoms with Gasteiger partial charge in [-0.15, -0.1) is 5.54 Å². The van der Waals surface area contributed by atoms with Gasteiger partial charge in [0.15, 0.2) is 0 Å². The van der Waals surface area contributed by atoms with Crippen LogP contribution in [0.5, 0.6) is 0 Å². The largest absolute Gasteiger partial charge is 0.512 e. The van der Waals surface area contributed by atoms with Gasteiger partial charge in [-0.1, -0.05) is 30.2 Å². The van der Waals surface area contributed by atoms with Gasteiger partial charge in [0.25, 0.3) is 0 Å². The van der Waals surface area contributed by atoms with Crippen LogP contribution in [0.15, 0.2) is 34.1 Å². The summed E-state index contributed by atoms with van der Waals surface area (Å²) in [5.41, 5.74) is 9.79. The van der Waals surface area contributed by atoms with Crippen LogP contribution in [0.1, 0.15) is 34.6 Å². The lowest BCUT2D eigenvalue weighted by Crippen LogP contribution is -2.31. The molecule has 0 atom stereocenters. The van der Waals surface area contributed by atoms with E-state index in [1.165, 1.54) is 22.3 Å². The zero-order valence-electron chi connectivity index (χ0n) is 12.6. The molecule has 1 aliphatic rings. The van der Waals surface area contributed by atoms with E-state index in [2.05, 4.69) is 52.3 Å². The van der Waals surface area contributed by atoms with Gasteiger partial charge >= 0.3 is 0 Å². The molecule has 0 unspecified atom stereocenters. The van der Waals surface area contributed by atoms with Crippen LogP contribution >= 0.6 is 0 Å². The Morgan fingerprint density at radius 2 is 1.56 bits per heavy atom. The van der Waals surface area contributed by atoms with Crippen molar-refractivity contribution >= 4 is 8.07 Å². The fraction of sp³-hybridized carbons (Fsp3) is 0.500. The molecule has 0 aromatic heterocycles. The summed E-state index contributed by atoms with van der Waals surface area (Å²) in [7, 11) is -1.68. The molecule has 0 heterocycles. The first-order chi connectivity index (χ1) is 8.18. The Morgan fingerprint density at radius 3 is 1.94 bits per heavy atom. The summed E-state index contributed by atoms with van der Waals surface area (Å²) < 4.78 is 0. The Hall–Kier alpha value is -1.20. The molecule has 0 spiro atoms. The minimum Gasteiger partial charge on any atom is -0.512 e. The van der Waals surface area contributed by atoms with Crippen molar-refractivity contribution in [2.75, 3.05) is 0 Å². The van der Waals surface area contributed by atoms with Crippen molar-refractivity contribution in [2.45, 2.75) is 53.3 Å². The third-order valence-corrected chi connectivity index (χ3v) is 7.11. The molecule has 0 saturated heterocycles. The maximum absolute atomic E-state index is 9.16. The first-order valence-electron chi connectivity index (χ1n) is 6.42. The van der Waals surface area contributed by atoms with E-state index in [1.807, 2.05) is 0 Å². The molecule has 18 heavy (non-hydrogen) atoms. The summed E-state index contributed by atoms with van der Waals surface area (Å²) in [4.78, 5) is 0. The molecular formula is C16H24OSi. The third kappa shape index (κ3) is 2.79. The van der Waals surface area contributed by atoms with Gasteiger partial charge in [-0.25, -0.2) is 0 Å². The van der Waals surface area contributed by atoms with Gasteiger partial charge in [0.1, 0.15) is 8.07 Å². The number of aliphatic hydroxyl groups excluding tert-OH is 1. The van der Waals surface area contributed by atoms with Crippen LogP contribution in [-0.4, -0.2) is 13.2 Å². The molecule has 2 heteroatoms. The molecule has 1 aliphatic carbocycles. The van der Waals surface area contributed by atoms with Gasteiger partial charge in [0.2, 0.25) is 0 Å². The number of rotatable bonds is 1. The molecule has 0 aromatic rings. The summed E-state index contributed by atoms with van der Waals surface area (Å²) >= 11 is 0. The number of hydrogen-bond donors (Lipinski definition) is 1. The van der Waals surface area contributed by atoms with Gasteiger partial charge in [-0.2, -0.15) is 0 Å². The fourth-order valence-electron chi connectivity index (χ4n) is 2.83. The van der Waals surface area contributed by atoms with E-state index >= 15 is 0 Å². The number of aliphatic hydroxyl groups is 1. The lowest BCUT2D eigenvalue weighted by atomic mass is 10.1. The highest BCUT2D eigenvalue weighted by molar-refractivity contribution is 6.87. The number of hydrogen-bond acceptors (Lipinski definition) is 1. The molecule has 0 bridgehead atoms. The van der Waals surface area contributed by atoms with Crippen LogP contribution in [0.3, 0.4) is 0 Å². The summed E-state index contributed by atoms with van der Waals surface area (Å²) in [6, 6.07) is 0. The Bertz CT molecular complexity index is 479. The van der Waals surface area contributed by atoms with Crippen LogP contribution in [0.25, 0.3) is 0 Å². The van der Waals surface area contributed by atoms with Gasteiger partial charge in [0, 0.05) is 11.6 Å². The topological polar surface area (TPSA) is 20.2 Å². The van der Waals surface area contributed by atoms with Crippen molar-refractivity contribution in [3.05, 3.63) is 34.1 Å². The van der Waals surface area contributed by atoms with Crippen LogP contribution in [0, 0.1) is 11.5 Å². The molecule has 1 nitrogen and oxygen atoms in total. The minimum absolute atomic E-state index is 0.283. The molecular weight excluding hydrogens is 236 g/mol. The lowest BCUT2D eigenvalue weighted by molar-refractivity contribution is 0.415. The molecule has 1 rings (SSSR count). The molecule has 98 valence electrons. The van der Waals surface area contributed by atoms with E-state index in [9.17, 15) is 0 Å². The van der Waals surface area contributed by atoms with E-state index in [4.69, 9.17) is 5.11 Å². The van der Waals surface area contributed by atoms with Crippen molar-refractivity contribution in [1.82, 2.24) is 0 Å². The van der Waals surface area contributed by atoms with Crippen molar-refractivity contribution in [3.63, 3.8) is 0 Å². The molecule has 0 fully saturated rings. The molecule has 0 saturated carbocycles. The molecule has 0 aromatic carbocycles. The fourth-order valence-corrected chi connectivity index (χ4v) is 6.02. The summed E-state index contributed by atoms with van der Waals surface area (Å²) in [6.07, 6.45) is 1.60. The normalized spacial score (nSPS) is 18.3. The average Bonchev–Trinajstić information content (AvgIpc) is 2.42. The van der Waals surface area contributed by atoms with E-state index in [1.54, 1.807) is 13.0 Å². The lowest BCUT2D eigenvalue weighted by Gasteiger charge is -2.27. The average molecular weight is 260 g/mol. The maximum Gasteiger partial charge on any atom is 0.143 e. The molecule has 0 aliphatic heterocycles. The second kappa shape index (κ2) is 5.20. The predicted octanol–water partition coefficient (Wildman–Crippen LogP) is 4.76. The minimum atomic E-state index is -1.68. The van der Waals surface area contributed by atoms with Crippen LogP contribution in [0.2, 0.25) is 18.6 Å². The summed E-state index contributed by atoms with van der Waals surface area (Å²) in [5.74, 6) is 3.31. The molecule has 1 N–H and O–H groups in total. The van der Waals surface area contributed by atoms with Gasteiger partial charge in [-0.3, -0.25) is 0 Å². The third-order valence-electron chi connectivity index (χ3n) is 4.01. The Kier molecular flexibility index (Phi) is 4.29. The second-order valence-corrected chi connectivity index (χ2v) is 10.1. The second-order valence-electron chi connectivity index (χ2n) is 5.83. The van der Waals surface area contributed by atoms with E-state index in [0.717, 1.165) is 0 Å². The summed E-state index contributed by atoms with van der Waals surface area (Å²) in [6.45, 7) is 15.2.